The van der Waals surface area contributed by atoms with E-state index in [0.717, 1.165) is 17.1 Å². The average Bonchev–Trinajstić information content (AvgIpc) is 2.50. The van der Waals surface area contributed by atoms with Gasteiger partial charge in [-0.25, -0.2) is 5.53 Å². The van der Waals surface area contributed by atoms with Gasteiger partial charge in [-0.1, -0.05) is 30.4 Å². The van der Waals surface area contributed by atoms with Crippen LogP contribution < -0.4 is 4.74 Å². The van der Waals surface area contributed by atoms with Gasteiger partial charge in [-0.3, -0.25) is 0 Å². The maximum atomic E-state index is 7.20. The van der Waals surface area contributed by atoms with Gasteiger partial charge in [0.05, 0.1) is 5.70 Å². The van der Waals surface area contributed by atoms with Crippen molar-refractivity contribution in [3.05, 3.63) is 78.4 Å². The highest BCUT2D eigenvalue weighted by Gasteiger charge is 2.01. The molecule has 0 bridgehead atoms. The first-order valence-electron chi connectivity index (χ1n) is 6.37. The number of hydrogen-bond donors (Lipinski definition) is 1. The maximum absolute atomic E-state index is 7.20. The van der Waals surface area contributed by atoms with Crippen LogP contribution in [0.3, 0.4) is 0 Å². The van der Waals surface area contributed by atoms with Crippen LogP contribution in [0.25, 0.3) is 5.70 Å². The highest BCUT2D eigenvalue weighted by Crippen LogP contribution is 2.24. The van der Waals surface area contributed by atoms with Crippen molar-refractivity contribution in [3.8, 4) is 11.5 Å². The summed E-state index contributed by atoms with van der Waals surface area (Å²) in [6.45, 7) is 1.93. The average molecular weight is 264 g/mol. The van der Waals surface area contributed by atoms with E-state index in [0.29, 0.717) is 5.70 Å². The Hall–Kier alpha value is -2.68. The van der Waals surface area contributed by atoms with Crippen LogP contribution in [-0.4, -0.2) is 0 Å². The molecule has 2 aromatic rings. The Morgan fingerprint density at radius 1 is 1.00 bits per heavy atom. The van der Waals surface area contributed by atoms with Gasteiger partial charge < -0.3 is 4.74 Å². The van der Waals surface area contributed by atoms with E-state index in [4.69, 9.17) is 10.3 Å². The number of benzene rings is 2. The number of hydrogen-bond acceptors (Lipinski definition) is 3. The lowest BCUT2D eigenvalue weighted by molar-refractivity contribution is 0.482. The van der Waals surface area contributed by atoms with Crippen molar-refractivity contribution in [2.75, 3.05) is 0 Å². The van der Waals surface area contributed by atoms with E-state index in [1.807, 2.05) is 73.7 Å². The molecule has 2 rings (SSSR count). The fourth-order valence-electron chi connectivity index (χ4n) is 1.70. The fraction of sp³-hybridized carbons (Fsp3) is 0.0588. The molecule has 100 valence electrons. The Morgan fingerprint density at radius 3 is 2.25 bits per heavy atom. The van der Waals surface area contributed by atoms with E-state index < -0.39 is 0 Å². The van der Waals surface area contributed by atoms with Gasteiger partial charge in [-0.15, -0.1) is 0 Å². The molecule has 3 heteroatoms. The molecule has 2 aromatic carbocycles. The lowest BCUT2D eigenvalue weighted by Gasteiger charge is -2.06. The van der Waals surface area contributed by atoms with Crippen LogP contribution in [0.2, 0.25) is 0 Å². The molecule has 0 atom stereocenters. The van der Waals surface area contributed by atoms with Gasteiger partial charge in [0.15, 0.2) is 0 Å². The predicted octanol–water partition coefficient (Wildman–Crippen LogP) is 5.43. The zero-order valence-electron chi connectivity index (χ0n) is 11.3. The molecule has 0 aliphatic carbocycles. The standard InChI is InChI=1S/C17H16N2O/c1-2-3-9-17(19-18)14-10-12-16(13-11-14)20-15-7-5-4-6-8-15/h2-13,18H,1H3/b3-2+,17-9-,19-18?. The van der Waals surface area contributed by atoms with Gasteiger partial charge in [0, 0.05) is 5.56 Å². The first kappa shape index (κ1) is 13.7. The number of para-hydroxylation sites is 1. The number of nitrogens with zero attached hydrogens (tertiary/aromatic N) is 1. The van der Waals surface area contributed by atoms with Crippen LogP contribution in [0.1, 0.15) is 12.5 Å². The molecular weight excluding hydrogens is 248 g/mol. The molecule has 0 heterocycles. The Balaban J connectivity index is 2.15. The van der Waals surface area contributed by atoms with E-state index in [-0.39, 0.29) is 0 Å². The predicted molar refractivity (Wildman–Crippen MR) is 80.9 cm³/mol. The largest absolute Gasteiger partial charge is 0.457 e. The van der Waals surface area contributed by atoms with E-state index in [9.17, 15) is 0 Å². The number of nitrogens with one attached hydrogen (secondary N) is 1. The summed E-state index contributed by atoms with van der Waals surface area (Å²) >= 11 is 0. The summed E-state index contributed by atoms with van der Waals surface area (Å²) in [7, 11) is 0. The number of ether oxygens (including phenoxy) is 1. The van der Waals surface area contributed by atoms with E-state index in [2.05, 4.69) is 5.11 Å². The molecule has 3 nitrogen and oxygen atoms in total. The van der Waals surface area contributed by atoms with Gasteiger partial charge in [0.1, 0.15) is 11.5 Å². The minimum Gasteiger partial charge on any atom is -0.457 e. The summed E-state index contributed by atoms with van der Waals surface area (Å²) in [5.74, 6) is 1.56. The van der Waals surface area contributed by atoms with Crippen LogP contribution in [0, 0.1) is 5.53 Å². The molecule has 0 spiro atoms. The molecule has 20 heavy (non-hydrogen) atoms. The van der Waals surface area contributed by atoms with Crippen LogP contribution in [0.4, 0.5) is 0 Å². The number of rotatable bonds is 5. The summed E-state index contributed by atoms with van der Waals surface area (Å²) < 4.78 is 5.72. The van der Waals surface area contributed by atoms with Gasteiger partial charge >= 0.3 is 0 Å². The van der Waals surface area contributed by atoms with Crippen LogP contribution in [0.5, 0.6) is 11.5 Å². The highest BCUT2D eigenvalue weighted by molar-refractivity contribution is 5.65. The fourth-order valence-corrected chi connectivity index (χ4v) is 1.70. The second kappa shape index (κ2) is 7.04. The molecule has 0 unspecified atom stereocenters. The topological polar surface area (TPSA) is 45.4 Å². The summed E-state index contributed by atoms with van der Waals surface area (Å²) in [6, 6.07) is 17.2. The molecule has 0 amide bonds. The molecule has 0 saturated heterocycles. The third-order valence-electron chi connectivity index (χ3n) is 2.70. The Labute approximate surface area is 118 Å². The Kier molecular flexibility index (Phi) is 4.84. The lowest BCUT2D eigenvalue weighted by atomic mass is 10.1. The first-order chi connectivity index (χ1) is 9.83. The van der Waals surface area contributed by atoms with Crippen LogP contribution in [0.15, 0.2) is 77.9 Å². The van der Waals surface area contributed by atoms with Crippen molar-refractivity contribution in [2.24, 2.45) is 5.11 Å². The zero-order valence-corrected chi connectivity index (χ0v) is 11.3. The maximum Gasteiger partial charge on any atom is 0.127 e. The second-order valence-electron chi connectivity index (χ2n) is 4.13. The van der Waals surface area contributed by atoms with Crippen LogP contribution in [-0.2, 0) is 0 Å². The minimum atomic E-state index is 0.620. The summed E-state index contributed by atoms with van der Waals surface area (Å²) in [5, 5.41) is 3.53. The first-order valence-corrected chi connectivity index (χ1v) is 6.37. The van der Waals surface area contributed by atoms with Gasteiger partial charge in [-0.2, -0.15) is 5.11 Å². The molecule has 0 aliphatic heterocycles. The molecule has 0 saturated carbocycles. The molecular formula is C17H16N2O. The SMILES string of the molecule is C/C=C/C=C(\N=N)c1ccc(Oc2ccccc2)cc1. The van der Waals surface area contributed by atoms with Crippen molar-refractivity contribution in [1.82, 2.24) is 0 Å². The van der Waals surface area contributed by atoms with Gasteiger partial charge in [0.25, 0.3) is 0 Å². The van der Waals surface area contributed by atoms with Crippen molar-refractivity contribution >= 4 is 5.70 Å². The zero-order chi connectivity index (χ0) is 14.2. The highest BCUT2D eigenvalue weighted by atomic mass is 16.5. The normalized spacial score (nSPS) is 11.6. The van der Waals surface area contributed by atoms with Crippen LogP contribution >= 0.6 is 0 Å². The van der Waals surface area contributed by atoms with E-state index >= 15 is 0 Å². The molecule has 0 radical (unpaired) electrons. The third-order valence-corrected chi connectivity index (χ3v) is 2.70. The van der Waals surface area contributed by atoms with Crippen molar-refractivity contribution in [3.63, 3.8) is 0 Å². The molecule has 1 N–H and O–H groups in total. The van der Waals surface area contributed by atoms with Crippen molar-refractivity contribution < 1.29 is 4.74 Å². The lowest BCUT2D eigenvalue weighted by Crippen LogP contribution is -1.85. The quantitative estimate of drug-likeness (QED) is 0.568. The van der Waals surface area contributed by atoms with Gasteiger partial charge in [-0.05, 0) is 49.4 Å². The van der Waals surface area contributed by atoms with Gasteiger partial charge in [0.2, 0.25) is 0 Å². The monoisotopic (exact) mass is 264 g/mol. The van der Waals surface area contributed by atoms with E-state index in [1.54, 1.807) is 6.08 Å². The van der Waals surface area contributed by atoms with Crippen molar-refractivity contribution in [2.45, 2.75) is 6.92 Å². The molecule has 0 aromatic heterocycles. The summed E-state index contributed by atoms with van der Waals surface area (Å²) in [6.07, 6.45) is 5.57. The molecule has 0 aliphatic rings. The second-order valence-corrected chi connectivity index (χ2v) is 4.13. The Bertz CT molecular complexity index is 613. The third kappa shape index (κ3) is 3.65. The summed E-state index contributed by atoms with van der Waals surface area (Å²) in [5.41, 5.74) is 8.71. The van der Waals surface area contributed by atoms with E-state index in [1.165, 1.54) is 0 Å². The van der Waals surface area contributed by atoms with Crippen molar-refractivity contribution in [1.29, 1.82) is 5.53 Å². The smallest absolute Gasteiger partial charge is 0.127 e. The Morgan fingerprint density at radius 2 is 1.65 bits per heavy atom. The number of allylic oxidation sites excluding steroid dienone is 3. The summed E-state index contributed by atoms with van der Waals surface area (Å²) in [4.78, 5) is 0. The molecule has 0 fully saturated rings. The minimum absolute atomic E-state index is 0.620.